The molecule has 0 aliphatic rings. The smallest absolute Gasteiger partial charge is 0.256 e. The lowest BCUT2D eigenvalue weighted by atomic mass is 10.1. The molecule has 0 aliphatic heterocycles. The third-order valence-electron chi connectivity index (χ3n) is 2.92. The number of nitrogens with two attached hydrogens (primary N) is 1. The molecule has 20 heavy (non-hydrogen) atoms. The van der Waals surface area contributed by atoms with Crippen molar-refractivity contribution in [3.05, 3.63) is 52.5 Å². The van der Waals surface area contributed by atoms with E-state index in [-0.39, 0.29) is 5.91 Å². The summed E-state index contributed by atoms with van der Waals surface area (Å²) in [4.78, 5) is 12.2. The average molecular weight is 291 g/mol. The highest BCUT2D eigenvalue weighted by molar-refractivity contribution is 6.32. The van der Waals surface area contributed by atoms with Crippen LogP contribution in [-0.4, -0.2) is 13.0 Å². The second kappa shape index (κ2) is 5.84. The zero-order valence-electron chi connectivity index (χ0n) is 11.2. The van der Waals surface area contributed by atoms with Crippen LogP contribution in [0.4, 0.5) is 11.4 Å². The van der Waals surface area contributed by atoms with Crippen LogP contribution in [0.1, 0.15) is 15.9 Å². The van der Waals surface area contributed by atoms with E-state index in [9.17, 15) is 4.79 Å². The molecule has 0 atom stereocenters. The van der Waals surface area contributed by atoms with Crippen molar-refractivity contribution in [3.63, 3.8) is 0 Å². The monoisotopic (exact) mass is 290 g/mol. The van der Waals surface area contributed by atoms with Gasteiger partial charge in [0, 0.05) is 16.9 Å². The van der Waals surface area contributed by atoms with Crippen LogP contribution in [0.25, 0.3) is 0 Å². The summed E-state index contributed by atoms with van der Waals surface area (Å²) in [6, 6.07) is 10.3. The van der Waals surface area contributed by atoms with E-state index >= 15 is 0 Å². The van der Waals surface area contributed by atoms with E-state index in [2.05, 4.69) is 5.32 Å². The number of rotatable bonds is 3. The molecule has 0 fully saturated rings. The van der Waals surface area contributed by atoms with Gasteiger partial charge in [-0.1, -0.05) is 17.7 Å². The molecule has 5 heteroatoms. The molecule has 0 saturated carbocycles. The van der Waals surface area contributed by atoms with E-state index in [4.69, 9.17) is 22.1 Å². The highest BCUT2D eigenvalue weighted by atomic mass is 35.5. The Kier molecular flexibility index (Phi) is 4.15. The molecule has 3 N–H and O–H groups in total. The van der Waals surface area contributed by atoms with Crippen LogP contribution in [0.2, 0.25) is 5.02 Å². The quantitative estimate of drug-likeness (QED) is 0.851. The Bertz CT molecular complexity index is 656. The fraction of sp³-hybridized carbons (Fsp3) is 0.133. The first kappa shape index (κ1) is 14.2. The van der Waals surface area contributed by atoms with E-state index in [1.54, 1.807) is 30.3 Å². The van der Waals surface area contributed by atoms with Crippen LogP contribution in [0.3, 0.4) is 0 Å². The number of aryl methyl sites for hydroxylation is 1. The standard InChI is InChI=1S/C15H15ClN2O2/c1-9-3-4-10(17)7-12(9)15(19)18-11-5-6-14(20-2)13(16)8-11/h3-8H,17H2,1-2H3,(H,18,19). The lowest BCUT2D eigenvalue weighted by Gasteiger charge is -2.10. The molecular formula is C15H15ClN2O2. The van der Waals surface area contributed by atoms with Crippen molar-refractivity contribution in [1.29, 1.82) is 0 Å². The average Bonchev–Trinajstić information content (AvgIpc) is 2.41. The van der Waals surface area contributed by atoms with Gasteiger partial charge >= 0.3 is 0 Å². The first-order chi connectivity index (χ1) is 9.51. The first-order valence-electron chi connectivity index (χ1n) is 6.02. The number of hydrogen-bond acceptors (Lipinski definition) is 3. The Morgan fingerprint density at radius 1 is 1.25 bits per heavy atom. The molecule has 0 saturated heterocycles. The summed E-state index contributed by atoms with van der Waals surface area (Å²) in [6.07, 6.45) is 0. The SMILES string of the molecule is COc1ccc(NC(=O)c2cc(N)ccc2C)cc1Cl. The fourth-order valence-corrected chi connectivity index (χ4v) is 2.08. The number of methoxy groups -OCH3 is 1. The van der Waals surface area contributed by atoms with Gasteiger partial charge in [-0.25, -0.2) is 0 Å². The maximum Gasteiger partial charge on any atom is 0.256 e. The van der Waals surface area contributed by atoms with Crippen LogP contribution in [0.5, 0.6) is 5.75 Å². The number of halogens is 1. The molecule has 104 valence electrons. The minimum Gasteiger partial charge on any atom is -0.495 e. The number of nitrogens with one attached hydrogen (secondary N) is 1. The number of amides is 1. The van der Waals surface area contributed by atoms with E-state index in [0.29, 0.717) is 27.7 Å². The fourth-order valence-electron chi connectivity index (χ4n) is 1.83. The summed E-state index contributed by atoms with van der Waals surface area (Å²) >= 11 is 6.02. The Morgan fingerprint density at radius 3 is 2.65 bits per heavy atom. The highest BCUT2D eigenvalue weighted by Crippen LogP contribution is 2.27. The lowest BCUT2D eigenvalue weighted by Crippen LogP contribution is -2.13. The molecule has 0 unspecified atom stereocenters. The third-order valence-corrected chi connectivity index (χ3v) is 3.21. The van der Waals surface area contributed by atoms with Crippen molar-refractivity contribution in [2.45, 2.75) is 6.92 Å². The molecule has 0 bridgehead atoms. The molecule has 0 radical (unpaired) electrons. The molecule has 2 aromatic carbocycles. The van der Waals surface area contributed by atoms with Crippen LogP contribution >= 0.6 is 11.6 Å². The molecular weight excluding hydrogens is 276 g/mol. The van der Waals surface area contributed by atoms with Crippen molar-refractivity contribution in [2.24, 2.45) is 0 Å². The van der Waals surface area contributed by atoms with Crippen LogP contribution in [0, 0.1) is 6.92 Å². The maximum absolute atomic E-state index is 12.2. The molecule has 1 amide bonds. The second-order valence-electron chi connectivity index (χ2n) is 4.38. The normalized spacial score (nSPS) is 10.2. The molecule has 2 aromatic rings. The van der Waals surface area contributed by atoms with Gasteiger partial charge in [0.2, 0.25) is 0 Å². The molecule has 4 nitrogen and oxygen atoms in total. The minimum atomic E-state index is -0.226. The zero-order valence-corrected chi connectivity index (χ0v) is 12.0. The predicted octanol–water partition coefficient (Wildman–Crippen LogP) is 3.49. The van der Waals surface area contributed by atoms with Gasteiger partial charge in [0.05, 0.1) is 12.1 Å². The van der Waals surface area contributed by atoms with Gasteiger partial charge in [0.25, 0.3) is 5.91 Å². The minimum absolute atomic E-state index is 0.226. The lowest BCUT2D eigenvalue weighted by molar-refractivity contribution is 0.102. The van der Waals surface area contributed by atoms with Crippen molar-refractivity contribution in [3.8, 4) is 5.75 Å². The number of benzene rings is 2. The van der Waals surface area contributed by atoms with Crippen LogP contribution in [0.15, 0.2) is 36.4 Å². The number of hydrogen-bond donors (Lipinski definition) is 2. The number of carbonyl (C=O) groups is 1. The Hall–Kier alpha value is -2.20. The topological polar surface area (TPSA) is 64.3 Å². The summed E-state index contributed by atoms with van der Waals surface area (Å²) in [6.45, 7) is 1.86. The summed E-state index contributed by atoms with van der Waals surface area (Å²) in [5, 5.41) is 3.22. The molecule has 0 aliphatic carbocycles. The number of ether oxygens (including phenoxy) is 1. The Balaban J connectivity index is 2.23. The van der Waals surface area contributed by atoms with Gasteiger partial charge in [-0.2, -0.15) is 0 Å². The second-order valence-corrected chi connectivity index (χ2v) is 4.79. The van der Waals surface area contributed by atoms with Gasteiger partial charge in [-0.05, 0) is 42.8 Å². The number of nitrogen functional groups attached to an aromatic ring is 1. The van der Waals surface area contributed by atoms with E-state index in [0.717, 1.165) is 5.56 Å². The van der Waals surface area contributed by atoms with Crippen LogP contribution in [-0.2, 0) is 0 Å². The molecule has 0 aromatic heterocycles. The van der Waals surface area contributed by atoms with E-state index < -0.39 is 0 Å². The van der Waals surface area contributed by atoms with Gasteiger partial charge < -0.3 is 15.8 Å². The Morgan fingerprint density at radius 2 is 2.00 bits per heavy atom. The van der Waals surface area contributed by atoms with Gasteiger partial charge in [0.15, 0.2) is 0 Å². The largest absolute Gasteiger partial charge is 0.495 e. The summed E-state index contributed by atoms with van der Waals surface area (Å²) in [5.41, 5.74) is 8.25. The van der Waals surface area contributed by atoms with Crippen molar-refractivity contribution < 1.29 is 9.53 Å². The van der Waals surface area contributed by atoms with E-state index in [1.165, 1.54) is 7.11 Å². The number of carbonyl (C=O) groups excluding carboxylic acids is 1. The maximum atomic E-state index is 12.2. The Labute approximate surface area is 122 Å². The molecule has 0 spiro atoms. The van der Waals surface area contributed by atoms with Crippen molar-refractivity contribution in [2.75, 3.05) is 18.2 Å². The van der Waals surface area contributed by atoms with Gasteiger partial charge in [-0.3, -0.25) is 4.79 Å². The molecule has 0 heterocycles. The molecule has 2 rings (SSSR count). The predicted molar refractivity (Wildman–Crippen MR) is 81.5 cm³/mol. The van der Waals surface area contributed by atoms with Crippen LogP contribution < -0.4 is 15.8 Å². The van der Waals surface area contributed by atoms with Crippen molar-refractivity contribution >= 4 is 28.9 Å². The summed E-state index contributed by atoms with van der Waals surface area (Å²) in [5.74, 6) is 0.334. The van der Waals surface area contributed by atoms with Crippen molar-refractivity contribution in [1.82, 2.24) is 0 Å². The summed E-state index contributed by atoms with van der Waals surface area (Å²) in [7, 11) is 1.54. The highest BCUT2D eigenvalue weighted by Gasteiger charge is 2.11. The van der Waals surface area contributed by atoms with Gasteiger partial charge in [0.1, 0.15) is 5.75 Å². The zero-order chi connectivity index (χ0) is 14.7. The van der Waals surface area contributed by atoms with Gasteiger partial charge in [-0.15, -0.1) is 0 Å². The summed E-state index contributed by atoms with van der Waals surface area (Å²) < 4.78 is 5.06. The first-order valence-corrected chi connectivity index (χ1v) is 6.40. The van der Waals surface area contributed by atoms with E-state index in [1.807, 2.05) is 13.0 Å². The third kappa shape index (κ3) is 3.03. The number of anilines is 2.